The van der Waals surface area contributed by atoms with Gasteiger partial charge in [-0.1, -0.05) is 170 Å². The zero-order chi connectivity index (χ0) is 38.0. The van der Waals surface area contributed by atoms with E-state index in [2.05, 4.69) is 207 Å². The van der Waals surface area contributed by atoms with E-state index < -0.39 is 0 Å². The Morgan fingerprint density at radius 2 is 0.930 bits per heavy atom. The van der Waals surface area contributed by atoms with Gasteiger partial charge in [-0.15, -0.1) is 0 Å². The summed E-state index contributed by atoms with van der Waals surface area (Å²) in [6, 6.07) is 69.5. The first kappa shape index (κ1) is 33.4. The summed E-state index contributed by atoms with van der Waals surface area (Å²) in [5.74, 6) is 0. The maximum atomic E-state index is 2.67. The normalized spacial score (nSPS) is 12.2. The monoisotopic (exact) mass is 727 g/mol. The van der Waals surface area contributed by atoms with E-state index in [1.54, 1.807) is 0 Å². The van der Waals surface area contributed by atoms with E-state index in [0.717, 1.165) is 18.5 Å². The Morgan fingerprint density at radius 3 is 1.68 bits per heavy atom. The molecule has 2 aliphatic rings. The lowest BCUT2D eigenvalue weighted by Crippen LogP contribution is -2.18. The smallest absolute Gasteiger partial charge is 0.0588 e. The van der Waals surface area contributed by atoms with Crippen LogP contribution in [0.5, 0.6) is 0 Å². The van der Waals surface area contributed by atoms with Crippen molar-refractivity contribution in [1.29, 1.82) is 0 Å². The summed E-state index contributed by atoms with van der Waals surface area (Å²) in [6.07, 6.45) is 1.73. The van der Waals surface area contributed by atoms with E-state index in [-0.39, 0.29) is 0 Å². The number of rotatable bonds is 6. The molecule has 0 unspecified atom stereocenters. The van der Waals surface area contributed by atoms with Crippen molar-refractivity contribution in [1.82, 2.24) is 0 Å². The summed E-state index contributed by atoms with van der Waals surface area (Å²) >= 11 is 0. The van der Waals surface area contributed by atoms with Gasteiger partial charge in [0.25, 0.3) is 0 Å². The lowest BCUT2D eigenvalue weighted by molar-refractivity contribution is 1.14. The van der Waals surface area contributed by atoms with Crippen LogP contribution < -0.4 is 4.90 Å². The minimum absolute atomic E-state index is 0.866. The summed E-state index contributed by atoms with van der Waals surface area (Å²) in [5, 5.41) is 2.56. The number of para-hydroxylation sites is 1. The summed E-state index contributed by atoms with van der Waals surface area (Å²) in [7, 11) is 0. The fraction of sp³-hybridized carbons (Fsp3) is 0.0714. The first-order chi connectivity index (χ1) is 28.2. The first-order valence-electron chi connectivity index (χ1n) is 20.1. The van der Waals surface area contributed by atoms with E-state index in [4.69, 9.17) is 0 Å². The lowest BCUT2D eigenvalue weighted by Gasteiger charge is -2.35. The van der Waals surface area contributed by atoms with Crippen LogP contribution in [0, 0.1) is 13.8 Å². The van der Waals surface area contributed by atoms with Crippen molar-refractivity contribution in [2.75, 3.05) is 4.90 Å². The third-order valence-electron chi connectivity index (χ3n) is 12.5. The molecule has 1 heteroatoms. The number of anilines is 3. The van der Waals surface area contributed by atoms with Gasteiger partial charge in [-0.2, -0.15) is 0 Å². The highest BCUT2D eigenvalue weighted by atomic mass is 15.2. The van der Waals surface area contributed by atoms with E-state index in [1.807, 2.05) is 0 Å². The van der Waals surface area contributed by atoms with Gasteiger partial charge in [-0.05, 0) is 126 Å². The summed E-state index contributed by atoms with van der Waals surface area (Å²) < 4.78 is 0. The summed E-state index contributed by atoms with van der Waals surface area (Å²) in [5.41, 5.74) is 24.8. The molecule has 2 aliphatic carbocycles. The number of hydrogen-bond donors (Lipinski definition) is 0. The molecule has 0 saturated carbocycles. The highest BCUT2D eigenvalue weighted by Gasteiger charge is 2.36. The van der Waals surface area contributed by atoms with Crippen molar-refractivity contribution in [2.24, 2.45) is 0 Å². The molecule has 0 spiro atoms. The molecule has 0 bridgehead atoms. The minimum Gasteiger partial charge on any atom is -0.309 e. The first-order valence-corrected chi connectivity index (χ1v) is 20.1. The largest absolute Gasteiger partial charge is 0.309 e. The van der Waals surface area contributed by atoms with Gasteiger partial charge in [-0.3, -0.25) is 0 Å². The Balaban J connectivity index is 1.31. The lowest BCUT2D eigenvalue weighted by atomic mass is 9.83. The molecule has 1 nitrogen and oxygen atoms in total. The SMILES string of the molecule is Cc1c(C)c(N(c2ccccc2)c2c3c(cc(-c4ccccc4)c2-c2ccccc2)-c2ccccc2C3)c2c(c1-c1cccc3ccccc13)-c1ccccc1C2. The minimum atomic E-state index is 0.866. The Labute approximate surface area is 335 Å². The van der Waals surface area contributed by atoms with Gasteiger partial charge < -0.3 is 4.90 Å². The highest BCUT2D eigenvalue weighted by Crippen LogP contribution is 2.58. The summed E-state index contributed by atoms with van der Waals surface area (Å²) in [6.45, 7) is 4.73. The van der Waals surface area contributed by atoms with Crippen LogP contribution in [0.4, 0.5) is 17.1 Å². The molecule has 11 rings (SSSR count). The van der Waals surface area contributed by atoms with Gasteiger partial charge in [0.2, 0.25) is 0 Å². The van der Waals surface area contributed by atoms with Crippen molar-refractivity contribution in [3.63, 3.8) is 0 Å². The summed E-state index contributed by atoms with van der Waals surface area (Å²) in [4.78, 5) is 2.67. The van der Waals surface area contributed by atoms with Crippen molar-refractivity contribution in [2.45, 2.75) is 26.7 Å². The third kappa shape index (κ3) is 5.23. The maximum absolute atomic E-state index is 2.67. The Morgan fingerprint density at radius 1 is 0.368 bits per heavy atom. The molecule has 57 heavy (non-hydrogen) atoms. The van der Waals surface area contributed by atoms with Crippen molar-refractivity contribution in [3.8, 4) is 55.6 Å². The van der Waals surface area contributed by atoms with Crippen molar-refractivity contribution < 1.29 is 0 Å². The zero-order valence-corrected chi connectivity index (χ0v) is 32.3. The third-order valence-corrected chi connectivity index (χ3v) is 12.5. The topological polar surface area (TPSA) is 3.24 Å². The predicted octanol–water partition coefficient (Wildman–Crippen LogP) is 15.1. The van der Waals surface area contributed by atoms with E-state index in [1.165, 1.54) is 111 Å². The Hall–Kier alpha value is -6.96. The maximum Gasteiger partial charge on any atom is 0.0588 e. The standard InChI is InChI=1S/C56H41N/c1-36-37(2)55(51-34-42-25-14-17-31-46(42)54(51)52(36)47-32-18-26-38-21-12-15-29-44(38)47)57(43-27-10-5-11-28-43)56-50-33-41-24-13-16-30-45(41)49(50)35-48(39-19-6-3-7-20-39)53(56)40-22-8-4-9-23-40/h3-32,35H,33-34H2,1-2H3. The highest BCUT2D eigenvalue weighted by molar-refractivity contribution is 6.09. The second kappa shape index (κ2) is 13.4. The van der Waals surface area contributed by atoms with Crippen LogP contribution >= 0.6 is 0 Å². The van der Waals surface area contributed by atoms with Crippen molar-refractivity contribution >= 4 is 27.8 Å². The van der Waals surface area contributed by atoms with E-state index >= 15 is 0 Å². The molecular weight excluding hydrogens is 687 g/mol. The second-order valence-corrected chi connectivity index (χ2v) is 15.6. The van der Waals surface area contributed by atoms with Crippen LogP contribution in [0.25, 0.3) is 66.4 Å². The molecule has 0 N–H and O–H groups in total. The molecule has 0 heterocycles. The Bertz CT molecular complexity index is 3010. The van der Waals surface area contributed by atoms with Crippen LogP contribution in [-0.4, -0.2) is 0 Å². The van der Waals surface area contributed by atoms with Crippen LogP contribution in [0.1, 0.15) is 33.4 Å². The van der Waals surface area contributed by atoms with E-state index in [0.29, 0.717) is 0 Å². The molecule has 0 aromatic heterocycles. The fourth-order valence-corrected chi connectivity index (χ4v) is 9.90. The quantitative estimate of drug-likeness (QED) is 0.165. The number of hydrogen-bond acceptors (Lipinski definition) is 1. The van der Waals surface area contributed by atoms with Gasteiger partial charge in [-0.25, -0.2) is 0 Å². The molecular formula is C56H41N. The molecule has 0 atom stereocenters. The van der Waals surface area contributed by atoms with E-state index in [9.17, 15) is 0 Å². The van der Waals surface area contributed by atoms with Crippen LogP contribution in [-0.2, 0) is 12.8 Å². The molecule has 0 fully saturated rings. The average Bonchev–Trinajstić information content (AvgIpc) is 3.84. The van der Waals surface area contributed by atoms with Crippen molar-refractivity contribution in [3.05, 3.63) is 221 Å². The molecule has 270 valence electrons. The fourth-order valence-electron chi connectivity index (χ4n) is 9.90. The molecule has 0 aliphatic heterocycles. The van der Waals surface area contributed by atoms with Gasteiger partial charge in [0, 0.05) is 24.1 Å². The van der Waals surface area contributed by atoms with Gasteiger partial charge in [0.05, 0.1) is 11.4 Å². The van der Waals surface area contributed by atoms with Crippen LogP contribution in [0.3, 0.4) is 0 Å². The molecule has 0 saturated heterocycles. The van der Waals surface area contributed by atoms with Crippen LogP contribution in [0.15, 0.2) is 188 Å². The predicted molar refractivity (Wildman–Crippen MR) is 241 cm³/mol. The zero-order valence-electron chi connectivity index (χ0n) is 32.3. The van der Waals surface area contributed by atoms with Gasteiger partial charge in [0.15, 0.2) is 0 Å². The number of nitrogens with zero attached hydrogens (tertiary/aromatic N) is 1. The van der Waals surface area contributed by atoms with Gasteiger partial charge in [0.1, 0.15) is 0 Å². The molecule has 0 amide bonds. The number of benzene rings is 9. The second-order valence-electron chi connectivity index (χ2n) is 15.6. The Kier molecular flexibility index (Phi) is 7.82. The average molecular weight is 728 g/mol. The molecule has 9 aromatic rings. The number of fused-ring (bicyclic) bond motifs is 7. The molecule has 0 radical (unpaired) electrons. The molecule has 9 aromatic carbocycles. The van der Waals surface area contributed by atoms with Gasteiger partial charge >= 0.3 is 0 Å². The van der Waals surface area contributed by atoms with Crippen LogP contribution in [0.2, 0.25) is 0 Å².